The second-order valence-electron chi connectivity index (χ2n) is 5.94. The van der Waals surface area contributed by atoms with Crippen molar-refractivity contribution in [1.29, 1.82) is 0 Å². The number of nitrogens with zero attached hydrogens (tertiary/aromatic N) is 1. The van der Waals surface area contributed by atoms with Gasteiger partial charge in [0, 0.05) is 19.1 Å². The third-order valence-corrected chi connectivity index (χ3v) is 4.33. The quantitative estimate of drug-likeness (QED) is 0.883. The number of hydrogen-bond donors (Lipinski definition) is 1. The van der Waals surface area contributed by atoms with Crippen molar-refractivity contribution in [2.75, 3.05) is 19.7 Å². The van der Waals surface area contributed by atoms with Crippen LogP contribution in [-0.2, 0) is 16.1 Å². The Kier molecular flexibility index (Phi) is 4.03. The van der Waals surface area contributed by atoms with Crippen molar-refractivity contribution in [3.63, 3.8) is 0 Å². The van der Waals surface area contributed by atoms with Crippen molar-refractivity contribution in [3.05, 3.63) is 35.9 Å². The minimum atomic E-state index is 0.0690. The topological polar surface area (TPSA) is 55.6 Å². The second kappa shape index (κ2) is 5.94. The van der Waals surface area contributed by atoms with Crippen molar-refractivity contribution < 1.29 is 9.53 Å². The minimum Gasteiger partial charge on any atom is -0.367 e. The van der Waals surface area contributed by atoms with E-state index in [-0.39, 0.29) is 18.6 Å². The molecule has 108 valence electrons. The first-order valence-corrected chi connectivity index (χ1v) is 7.39. The lowest BCUT2D eigenvalue weighted by Gasteiger charge is -2.16. The predicted octanol–water partition coefficient (Wildman–Crippen LogP) is 1.40. The number of carbonyl (C=O) groups is 1. The fourth-order valence-corrected chi connectivity index (χ4v) is 3.00. The Balaban J connectivity index is 1.43. The highest BCUT2D eigenvalue weighted by atomic mass is 16.5. The molecule has 2 aliphatic rings. The first-order chi connectivity index (χ1) is 9.74. The average Bonchev–Trinajstić information content (AvgIpc) is 3.23. The molecule has 1 saturated carbocycles. The van der Waals surface area contributed by atoms with E-state index in [0.717, 1.165) is 18.0 Å². The van der Waals surface area contributed by atoms with Crippen molar-refractivity contribution in [2.24, 2.45) is 17.6 Å². The van der Waals surface area contributed by atoms with Gasteiger partial charge in [-0.3, -0.25) is 4.79 Å². The van der Waals surface area contributed by atoms with Crippen molar-refractivity contribution in [3.8, 4) is 0 Å². The van der Waals surface area contributed by atoms with E-state index in [1.165, 1.54) is 12.8 Å². The van der Waals surface area contributed by atoms with Gasteiger partial charge in [0.1, 0.15) is 6.61 Å². The standard InChI is InChI=1S/C16H22N2O2/c17-15-9-18(8-14(15)13-6-7-13)16(19)11-20-10-12-4-2-1-3-5-12/h1-5,13-15H,6-11,17H2/t14-,15+/m1/s1. The molecule has 0 spiro atoms. The molecule has 1 aliphatic heterocycles. The second-order valence-corrected chi connectivity index (χ2v) is 5.94. The third-order valence-electron chi connectivity index (χ3n) is 4.33. The largest absolute Gasteiger partial charge is 0.367 e. The van der Waals surface area contributed by atoms with Crippen LogP contribution in [0.4, 0.5) is 0 Å². The van der Waals surface area contributed by atoms with E-state index >= 15 is 0 Å². The summed E-state index contributed by atoms with van der Waals surface area (Å²) < 4.78 is 5.51. The van der Waals surface area contributed by atoms with E-state index in [0.29, 0.717) is 19.1 Å². The van der Waals surface area contributed by atoms with E-state index in [4.69, 9.17) is 10.5 Å². The van der Waals surface area contributed by atoms with Crippen LogP contribution in [-0.4, -0.2) is 36.5 Å². The lowest BCUT2D eigenvalue weighted by Crippen LogP contribution is -2.34. The van der Waals surface area contributed by atoms with E-state index in [9.17, 15) is 4.79 Å². The Labute approximate surface area is 119 Å². The van der Waals surface area contributed by atoms with Crippen molar-refractivity contribution in [2.45, 2.75) is 25.5 Å². The predicted molar refractivity (Wildman–Crippen MR) is 76.9 cm³/mol. The Morgan fingerprint density at radius 1 is 1.25 bits per heavy atom. The first-order valence-electron chi connectivity index (χ1n) is 7.39. The molecule has 1 aromatic carbocycles. The fourth-order valence-electron chi connectivity index (χ4n) is 3.00. The number of benzene rings is 1. The van der Waals surface area contributed by atoms with Crippen LogP contribution < -0.4 is 5.73 Å². The molecule has 20 heavy (non-hydrogen) atoms. The van der Waals surface area contributed by atoms with E-state index in [1.54, 1.807) is 0 Å². The zero-order valence-corrected chi connectivity index (χ0v) is 11.7. The number of amides is 1. The molecule has 0 radical (unpaired) electrons. The summed E-state index contributed by atoms with van der Waals surface area (Å²) in [6, 6.07) is 10.1. The van der Waals surface area contributed by atoms with Crippen molar-refractivity contribution in [1.82, 2.24) is 4.90 Å². The molecule has 2 fully saturated rings. The van der Waals surface area contributed by atoms with Crippen LogP contribution in [0, 0.1) is 11.8 Å². The number of ether oxygens (including phenoxy) is 1. The summed E-state index contributed by atoms with van der Waals surface area (Å²) >= 11 is 0. The normalized spacial score (nSPS) is 25.9. The molecule has 4 heteroatoms. The van der Waals surface area contributed by atoms with Crippen LogP contribution in [0.15, 0.2) is 30.3 Å². The Bertz CT molecular complexity index is 459. The van der Waals surface area contributed by atoms with E-state index in [1.807, 2.05) is 35.2 Å². The number of likely N-dealkylation sites (tertiary alicyclic amines) is 1. The lowest BCUT2D eigenvalue weighted by molar-refractivity contribution is -0.135. The summed E-state index contributed by atoms with van der Waals surface area (Å²) in [6.45, 7) is 2.14. The van der Waals surface area contributed by atoms with Gasteiger partial charge in [-0.1, -0.05) is 30.3 Å². The third kappa shape index (κ3) is 3.19. The van der Waals surface area contributed by atoms with E-state index < -0.39 is 0 Å². The van der Waals surface area contributed by atoms with Gasteiger partial charge in [-0.2, -0.15) is 0 Å². The van der Waals surface area contributed by atoms with Crippen molar-refractivity contribution >= 4 is 5.91 Å². The molecule has 4 nitrogen and oxygen atoms in total. The van der Waals surface area contributed by atoms with Gasteiger partial charge in [0.2, 0.25) is 5.91 Å². The smallest absolute Gasteiger partial charge is 0.248 e. The molecule has 0 unspecified atom stereocenters. The maximum Gasteiger partial charge on any atom is 0.248 e. The van der Waals surface area contributed by atoms with Gasteiger partial charge >= 0.3 is 0 Å². The molecule has 1 saturated heterocycles. The summed E-state index contributed by atoms with van der Waals surface area (Å²) in [7, 11) is 0. The molecular weight excluding hydrogens is 252 g/mol. The van der Waals surface area contributed by atoms with Crippen LogP contribution in [0.25, 0.3) is 0 Å². The molecule has 1 amide bonds. The molecule has 2 N–H and O–H groups in total. The maximum atomic E-state index is 12.1. The fraction of sp³-hybridized carbons (Fsp3) is 0.562. The van der Waals surface area contributed by atoms with Crippen LogP contribution in [0.3, 0.4) is 0 Å². The Morgan fingerprint density at radius 2 is 2.00 bits per heavy atom. The van der Waals surface area contributed by atoms with Crippen LogP contribution in [0.5, 0.6) is 0 Å². The molecule has 1 aromatic rings. The summed E-state index contributed by atoms with van der Waals surface area (Å²) in [5.74, 6) is 1.33. The monoisotopic (exact) mass is 274 g/mol. The van der Waals surface area contributed by atoms with Gasteiger partial charge in [-0.25, -0.2) is 0 Å². The molecular formula is C16H22N2O2. The molecule has 1 aliphatic carbocycles. The number of carbonyl (C=O) groups excluding carboxylic acids is 1. The molecule has 3 rings (SSSR count). The Hall–Kier alpha value is -1.39. The zero-order chi connectivity index (χ0) is 13.9. The minimum absolute atomic E-state index is 0.0690. The van der Waals surface area contributed by atoms with Gasteiger partial charge in [0.15, 0.2) is 0 Å². The number of rotatable bonds is 5. The zero-order valence-electron chi connectivity index (χ0n) is 11.7. The van der Waals surface area contributed by atoms with Crippen LogP contribution >= 0.6 is 0 Å². The highest BCUT2D eigenvalue weighted by molar-refractivity contribution is 5.77. The average molecular weight is 274 g/mol. The molecule has 0 aromatic heterocycles. The number of nitrogens with two attached hydrogens (primary N) is 1. The summed E-state index contributed by atoms with van der Waals surface area (Å²) in [5, 5.41) is 0. The van der Waals surface area contributed by atoms with Crippen LogP contribution in [0.1, 0.15) is 18.4 Å². The van der Waals surface area contributed by atoms with Gasteiger partial charge in [-0.15, -0.1) is 0 Å². The maximum absolute atomic E-state index is 12.1. The SMILES string of the molecule is N[C@H]1CN(C(=O)COCc2ccccc2)C[C@@H]1C1CC1. The van der Waals surface area contributed by atoms with Gasteiger partial charge in [-0.05, 0) is 30.2 Å². The van der Waals surface area contributed by atoms with Gasteiger partial charge in [0.05, 0.1) is 6.61 Å². The summed E-state index contributed by atoms with van der Waals surface area (Å²) in [4.78, 5) is 14.0. The van der Waals surface area contributed by atoms with Gasteiger partial charge in [0.25, 0.3) is 0 Å². The first kappa shape index (κ1) is 13.6. The molecule has 0 bridgehead atoms. The molecule has 1 heterocycles. The highest BCUT2D eigenvalue weighted by Crippen LogP contribution is 2.40. The lowest BCUT2D eigenvalue weighted by atomic mass is 9.99. The number of hydrogen-bond acceptors (Lipinski definition) is 3. The van der Waals surface area contributed by atoms with Crippen LogP contribution in [0.2, 0.25) is 0 Å². The summed E-state index contributed by atoms with van der Waals surface area (Å²) in [6.07, 6.45) is 2.57. The highest BCUT2D eigenvalue weighted by Gasteiger charge is 2.41. The molecule has 2 atom stereocenters. The Morgan fingerprint density at radius 3 is 2.70 bits per heavy atom. The van der Waals surface area contributed by atoms with E-state index in [2.05, 4.69) is 0 Å². The summed E-state index contributed by atoms with van der Waals surface area (Å²) in [5.41, 5.74) is 7.23. The van der Waals surface area contributed by atoms with Gasteiger partial charge < -0.3 is 15.4 Å².